The molecule has 5 heteroatoms. The first kappa shape index (κ1) is 15.1. The Morgan fingerprint density at radius 1 is 1.39 bits per heavy atom. The summed E-state index contributed by atoms with van der Waals surface area (Å²) in [4.78, 5) is 24.6. The molecule has 104 valence electrons. The standard InChI is InChI=1S/C13H23NO4/c1-9(2)14-8-11(18-6-5-10(3)15)7-12(14)13(16)17-4/h9,11-12H,5-8H2,1-4H3/t11-,12-/m0/s1. The molecule has 1 saturated heterocycles. The van der Waals surface area contributed by atoms with Crippen molar-refractivity contribution in [2.45, 2.75) is 51.8 Å². The summed E-state index contributed by atoms with van der Waals surface area (Å²) in [6.45, 7) is 6.80. The molecule has 0 amide bonds. The minimum Gasteiger partial charge on any atom is -0.468 e. The summed E-state index contributed by atoms with van der Waals surface area (Å²) in [6.07, 6.45) is 1.08. The van der Waals surface area contributed by atoms with Crippen LogP contribution in [0.3, 0.4) is 0 Å². The van der Waals surface area contributed by atoms with Gasteiger partial charge < -0.3 is 9.47 Å². The van der Waals surface area contributed by atoms with Gasteiger partial charge in [-0.1, -0.05) is 0 Å². The maximum atomic E-state index is 11.7. The summed E-state index contributed by atoms with van der Waals surface area (Å²) >= 11 is 0. The first-order chi connectivity index (χ1) is 8.45. The fourth-order valence-corrected chi connectivity index (χ4v) is 2.25. The highest BCUT2D eigenvalue weighted by Crippen LogP contribution is 2.23. The van der Waals surface area contributed by atoms with Gasteiger partial charge in [0, 0.05) is 25.4 Å². The van der Waals surface area contributed by atoms with Crippen molar-refractivity contribution in [3.63, 3.8) is 0 Å². The minimum atomic E-state index is -0.225. The van der Waals surface area contributed by atoms with Gasteiger partial charge >= 0.3 is 5.97 Å². The van der Waals surface area contributed by atoms with Crippen molar-refractivity contribution >= 4 is 11.8 Å². The van der Waals surface area contributed by atoms with Gasteiger partial charge in [0.1, 0.15) is 11.8 Å². The van der Waals surface area contributed by atoms with Crippen molar-refractivity contribution in [1.82, 2.24) is 4.90 Å². The molecular formula is C13H23NO4. The topological polar surface area (TPSA) is 55.8 Å². The lowest BCUT2D eigenvalue weighted by Crippen LogP contribution is -2.41. The zero-order chi connectivity index (χ0) is 13.7. The van der Waals surface area contributed by atoms with Crippen molar-refractivity contribution in [2.75, 3.05) is 20.3 Å². The third-order valence-corrected chi connectivity index (χ3v) is 3.25. The lowest BCUT2D eigenvalue weighted by molar-refractivity contribution is -0.146. The Labute approximate surface area is 108 Å². The minimum absolute atomic E-state index is 0.0100. The van der Waals surface area contributed by atoms with Crippen molar-refractivity contribution < 1.29 is 19.1 Å². The van der Waals surface area contributed by atoms with E-state index in [1.807, 2.05) is 13.8 Å². The predicted octanol–water partition coefficient (Wildman–Crippen LogP) is 1.01. The molecule has 2 atom stereocenters. The summed E-state index contributed by atoms with van der Waals surface area (Å²) < 4.78 is 10.5. The molecule has 5 nitrogen and oxygen atoms in total. The zero-order valence-electron chi connectivity index (χ0n) is 11.6. The van der Waals surface area contributed by atoms with Gasteiger partial charge in [-0.05, 0) is 20.8 Å². The number of Topliss-reactive ketones (excluding diaryl/α,β-unsaturated/α-hetero) is 1. The van der Waals surface area contributed by atoms with E-state index >= 15 is 0 Å². The van der Waals surface area contributed by atoms with E-state index in [9.17, 15) is 9.59 Å². The van der Waals surface area contributed by atoms with Gasteiger partial charge in [0.25, 0.3) is 0 Å². The van der Waals surface area contributed by atoms with Gasteiger partial charge in [0.05, 0.1) is 19.8 Å². The monoisotopic (exact) mass is 257 g/mol. The molecule has 1 aliphatic rings. The highest BCUT2D eigenvalue weighted by atomic mass is 16.5. The molecular weight excluding hydrogens is 234 g/mol. The third kappa shape index (κ3) is 4.07. The first-order valence-corrected chi connectivity index (χ1v) is 6.40. The smallest absolute Gasteiger partial charge is 0.323 e. The van der Waals surface area contributed by atoms with E-state index in [-0.39, 0.29) is 29.9 Å². The molecule has 0 aromatic heterocycles. The van der Waals surface area contributed by atoms with Crippen molar-refractivity contribution in [3.05, 3.63) is 0 Å². The van der Waals surface area contributed by atoms with Crippen LogP contribution in [0.15, 0.2) is 0 Å². The number of hydrogen-bond donors (Lipinski definition) is 0. The number of nitrogens with zero attached hydrogens (tertiary/aromatic N) is 1. The first-order valence-electron chi connectivity index (χ1n) is 6.40. The maximum Gasteiger partial charge on any atom is 0.323 e. The lowest BCUT2D eigenvalue weighted by Gasteiger charge is -2.25. The highest BCUT2D eigenvalue weighted by Gasteiger charge is 2.39. The average molecular weight is 257 g/mol. The molecule has 0 saturated carbocycles. The third-order valence-electron chi connectivity index (χ3n) is 3.25. The van der Waals surface area contributed by atoms with Crippen LogP contribution < -0.4 is 0 Å². The Kier molecular flexibility index (Phi) is 5.75. The van der Waals surface area contributed by atoms with Crippen LogP contribution in [0.4, 0.5) is 0 Å². The molecule has 0 unspecified atom stereocenters. The predicted molar refractivity (Wildman–Crippen MR) is 67.3 cm³/mol. The molecule has 0 aliphatic carbocycles. The molecule has 0 aromatic rings. The van der Waals surface area contributed by atoms with Crippen molar-refractivity contribution in [3.8, 4) is 0 Å². The van der Waals surface area contributed by atoms with E-state index in [0.29, 0.717) is 19.4 Å². The second-order valence-corrected chi connectivity index (χ2v) is 5.01. The van der Waals surface area contributed by atoms with Crippen LogP contribution in [0.5, 0.6) is 0 Å². The summed E-state index contributed by atoms with van der Waals surface area (Å²) in [6, 6.07) is 0.0489. The van der Waals surface area contributed by atoms with Crippen LogP contribution >= 0.6 is 0 Å². The zero-order valence-corrected chi connectivity index (χ0v) is 11.6. The number of hydrogen-bond acceptors (Lipinski definition) is 5. The van der Waals surface area contributed by atoms with E-state index in [1.165, 1.54) is 7.11 Å². The number of rotatable bonds is 6. The van der Waals surface area contributed by atoms with E-state index in [4.69, 9.17) is 9.47 Å². The normalized spacial score (nSPS) is 24.5. The van der Waals surface area contributed by atoms with E-state index in [0.717, 1.165) is 6.54 Å². The van der Waals surface area contributed by atoms with Gasteiger partial charge in [-0.2, -0.15) is 0 Å². The average Bonchev–Trinajstić information content (AvgIpc) is 2.72. The summed E-state index contributed by atoms with van der Waals surface area (Å²) in [7, 11) is 1.41. The lowest BCUT2D eigenvalue weighted by atomic mass is 10.2. The molecule has 0 aromatic carbocycles. The molecule has 1 fully saturated rings. The quantitative estimate of drug-likeness (QED) is 0.665. The molecule has 0 N–H and O–H groups in total. The van der Waals surface area contributed by atoms with E-state index in [1.54, 1.807) is 6.92 Å². The number of ketones is 1. The molecule has 0 spiro atoms. The Hall–Kier alpha value is -0.940. The van der Waals surface area contributed by atoms with E-state index < -0.39 is 0 Å². The highest BCUT2D eigenvalue weighted by molar-refractivity contribution is 5.76. The van der Waals surface area contributed by atoms with Gasteiger partial charge in [0.15, 0.2) is 0 Å². The molecule has 1 heterocycles. The molecule has 1 rings (SSSR count). The number of ether oxygens (including phenoxy) is 2. The van der Waals surface area contributed by atoms with Crippen LogP contribution in [0.2, 0.25) is 0 Å². The summed E-state index contributed by atoms with van der Waals surface area (Å²) in [5, 5.41) is 0. The fraction of sp³-hybridized carbons (Fsp3) is 0.846. The molecule has 18 heavy (non-hydrogen) atoms. The van der Waals surface area contributed by atoms with Gasteiger partial charge in [-0.25, -0.2) is 0 Å². The molecule has 1 aliphatic heterocycles. The molecule has 0 radical (unpaired) electrons. The fourth-order valence-electron chi connectivity index (χ4n) is 2.25. The maximum absolute atomic E-state index is 11.7. The SMILES string of the molecule is COC(=O)[C@@H]1C[C@H](OCCC(C)=O)CN1C(C)C. The van der Waals surface area contributed by atoms with Crippen molar-refractivity contribution in [2.24, 2.45) is 0 Å². The Morgan fingerprint density at radius 2 is 2.06 bits per heavy atom. The van der Waals surface area contributed by atoms with E-state index in [2.05, 4.69) is 4.90 Å². The van der Waals surface area contributed by atoms with Gasteiger partial charge in [-0.15, -0.1) is 0 Å². The second kappa shape index (κ2) is 6.85. The number of carbonyl (C=O) groups excluding carboxylic acids is 2. The second-order valence-electron chi connectivity index (χ2n) is 5.01. The van der Waals surface area contributed by atoms with Gasteiger partial charge in [-0.3, -0.25) is 14.5 Å². The Balaban J connectivity index is 2.50. The van der Waals surface area contributed by atoms with Gasteiger partial charge in [0.2, 0.25) is 0 Å². The van der Waals surface area contributed by atoms with Crippen LogP contribution in [-0.4, -0.2) is 55.1 Å². The largest absolute Gasteiger partial charge is 0.468 e. The number of carbonyl (C=O) groups is 2. The summed E-state index contributed by atoms with van der Waals surface area (Å²) in [5.74, 6) is -0.0837. The Bertz CT molecular complexity index is 303. The summed E-state index contributed by atoms with van der Waals surface area (Å²) in [5.41, 5.74) is 0. The Morgan fingerprint density at radius 3 is 2.56 bits per heavy atom. The number of likely N-dealkylation sites (tertiary alicyclic amines) is 1. The number of methoxy groups -OCH3 is 1. The number of esters is 1. The van der Waals surface area contributed by atoms with Crippen molar-refractivity contribution in [1.29, 1.82) is 0 Å². The van der Waals surface area contributed by atoms with Crippen LogP contribution in [0.25, 0.3) is 0 Å². The van der Waals surface area contributed by atoms with Crippen LogP contribution in [0.1, 0.15) is 33.6 Å². The molecule has 0 bridgehead atoms. The van der Waals surface area contributed by atoms with Crippen LogP contribution in [0, 0.1) is 0 Å². The van der Waals surface area contributed by atoms with Crippen LogP contribution in [-0.2, 0) is 19.1 Å².